The highest BCUT2D eigenvalue weighted by Gasteiger charge is 2.27. The maximum Gasteiger partial charge on any atom is 0.373 e. The van der Waals surface area contributed by atoms with Gasteiger partial charge in [0.05, 0.1) is 12.7 Å². The molecule has 2 heterocycles. The molecule has 1 aliphatic rings. The van der Waals surface area contributed by atoms with Crippen molar-refractivity contribution in [3.63, 3.8) is 0 Å². The number of carbonyl (C=O) groups is 1. The number of hydrogen-bond acceptors (Lipinski definition) is 5. The highest BCUT2D eigenvalue weighted by molar-refractivity contribution is 7.07. The van der Waals surface area contributed by atoms with Gasteiger partial charge in [0.15, 0.2) is 22.7 Å². The van der Waals surface area contributed by atoms with Gasteiger partial charge in [-0.15, -0.1) is 3.96 Å². The third kappa shape index (κ3) is 4.54. The molecule has 0 bridgehead atoms. The standard InChI is InChI=1S/C22H23ClN3O2S/c1-28-21(27)16-26-15-20(17-7-9-18(23)10-8-17)22(29-26)25-13-11-24(12-14-25)19-5-3-2-4-6-19/h2-10,15H,11-14,16H2,1H3/q+1. The van der Waals surface area contributed by atoms with Gasteiger partial charge in [0, 0.05) is 36.9 Å². The van der Waals surface area contributed by atoms with Crippen molar-refractivity contribution >= 4 is 39.8 Å². The lowest BCUT2D eigenvalue weighted by Crippen LogP contribution is -2.46. The van der Waals surface area contributed by atoms with E-state index in [1.807, 2.05) is 40.5 Å². The molecule has 0 radical (unpaired) electrons. The highest BCUT2D eigenvalue weighted by atomic mass is 35.5. The van der Waals surface area contributed by atoms with Crippen LogP contribution in [-0.4, -0.2) is 39.3 Å². The van der Waals surface area contributed by atoms with Crippen LogP contribution in [0.5, 0.6) is 0 Å². The monoisotopic (exact) mass is 428 g/mol. The Hall–Kier alpha value is -2.57. The molecule has 0 atom stereocenters. The highest BCUT2D eigenvalue weighted by Crippen LogP contribution is 2.35. The predicted octanol–water partition coefficient (Wildman–Crippen LogP) is 3.86. The third-order valence-corrected chi connectivity index (χ3v) is 6.44. The zero-order valence-electron chi connectivity index (χ0n) is 16.3. The van der Waals surface area contributed by atoms with Crippen LogP contribution in [0.4, 0.5) is 10.7 Å². The summed E-state index contributed by atoms with van der Waals surface area (Å²) < 4.78 is 6.78. The molecule has 1 saturated heterocycles. The molecule has 0 N–H and O–H groups in total. The summed E-state index contributed by atoms with van der Waals surface area (Å²) in [6.45, 7) is 3.98. The van der Waals surface area contributed by atoms with E-state index in [9.17, 15) is 4.79 Å². The van der Waals surface area contributed by atoms with E-state index in [1.54, 1.807) is 11.5 Å². The van der Waals surface area contributed by atoms with Gasteiger partial charge in [0.1, 0.15) is 0 Å². The Bertz CT molecular complexity index is 967. The minimum atomic E-state index is -0.251. The largest absolute Gasteiger partial charge is 0.464 e. The van der Waals surface area contributed by atoms with Crippen molar-refractivity contribution in [2.75, 3.05) is 43.1 Å². The first-order valence-electron chi connectivity index (χ1n) is 9.55. The van der Waals surface area contributed by atoms with Crippen LogP contribution in [0.25, 0.3) is 11.1 Å². The fraction of sp³-hybridized carbons (Fsp3) is 0.273. The normalized spacial score (nSPS) is 14.1. The number of hydrogen-bond donors (Lipinski definition) is 0. The molecular formula is C22H23ClN3O2S+. The van der Waals surface area contributed by atoms with Crippen LogP contribution >= 0.6 is 23.1 Å². The number of nitrogens with zero attached hydrogens (tertiary/aromatic N) is 3. The molecule has 0 aliphatic carbocycles. The average molecular weight is 429 g/mol. The number of benzene rings is 2. The first-order valence-corrected chi connectivity index (χ1v) is 10.7. The third-order valence-electron chi connectivity index (χ3n) is 5.06. The molecular weight excluding hydrogens is 406 g/mol. The molecule has 29 heavy (non-hydrogen) atoms. The number of piperazine rings is 1. The quantitative estimate of drug-likeness (QED) is 0.457. The number of aromatic nitrogens is 1. The number of methoxy groups -OCH3 is 1. The zero-order valence-corrected chi connectivity index (χ0v) is 17.8. The van der Waals surface area contributed by atoms with Gasteiger partial charge >= 0.3 is 5.97 Å². The Balaban J connectivity index is 1.58. The molecule has 5 nitrogen and oxygen atoms in total. The number of carbonyl (C=O) groups excluding carboxylic acids is 1. The smallest absolute Gasteiger partial charge is 0.373 e. The van der Waals surface area contributed by atoms with Crippen molar-refractivity contribution < 1.29 is 13.5 Å². The average Bonchev–Trinajstić information content (AvgIpc) is 3.18. The van der Waals surface area contributed by atoms with E-state index < -0.39 is 0 Å². The molecule has 1 aliphatic heterocycles. The number of rotatable bonds is 5. The number of para-hydroxylation sites is 1. The Labute approximate surface area is 179 Å². The lowest BCUT2D eigenvalue weighted by molar-refractivity contribution is -0.616. The maximum atomic E-state index is 11.8. The van der Waals surface area contributed by atoms with E-state index in [0.717, 1.165) is 37.3 Å². The summed E-state index contributed by atoms with van der Waals surface area (Å²) in [7, 11) is 1.42. The van der Waals surface area contributed by atoms with Crippen molar-refractivity contribution in [3.8, 4) is 11.1 Å². The lowest BCUT2D eigenvalue weighted by Gasteiger charge is -2.36. The molecule has 0 unspecified atom stereocenters. The topological polar surface area (TPSA) is 36.7 Å². The van der Waals surface area contributed by atoms with Gasteiger partial charge in [-0.2, -0.15) is 0 Å². The summed E-state index contributed by atoms with van der Waals surface area (Å²) in [5, 5.41) is 1.88. The Kier molecular flexibility index (Phi) is 6.02. The summed E-state index contributed by atoms with van der Waals surface area (Å²) in [6, 6.07) is 18.4. The number of esters is 1. The number of ether oxygens (including phenoxy) is 1. The minimum Gasteiger partial charge on any atom is -0.464 e. The molecule has 150 valence electrons. The van der Waals surface area contributed by atoms with E-state index in [0.29, 0.717) is 5.02 Å². The van der Waals surface area contributed by atoms with Crippen molar-refractivity contribution in [2.45, 2.75) is 6.54 Å². The molecule has 1 aromatic heterocycles. The first-order chi connectivity index (χ1) is 14.1. The fourth-order valence-corrected chi connectivity index (χ4v) is 4.76. The van der Waals surface area contributed by atoms with Crippen LogP contribution in [0.1, 0.15) is 0 Å². The van der Waals surface area contributed by atoms with Crippen molar-refractivity contribution in [3.05, 3.63) is 65.8 Å². The fourth-order valence-electron chi connectivity index (χ4n) is 3.52. The van der Waals surface area contributed by atoms with Gasteiger partial charge in [-0.1, -0.05) is 41.9 Å². The molecule has 7 heteroatoms. The lowest BCUT2D eigenvalue weighted by atomic mass is 10.1. The van der Waals surface area contributed by atoms with Gasteiger partial charge < -0.3 is 14.5 Å². The van der Waals surface area contributed by atoms with Crippen LogP contribution in [0, 0.1) is 0 Å². The van der Waals surface area contributed by atoms with Crippen LogP contribution in [0.3, 0.4) is 0 Å². The van der Waals surface area contributed by atoms with Crippen molar-refractivity contribution in [1.29, 1.82) is 0 Å². The molecule has 0 amide bonds. The van der Waals surface area contributed by atoms with Crippen LogP contribution in [0.15, 0.2) is 60.8 Å². The summed E-state index contributed by atoms with van der Waals surface area (Å²) in [4.78, 5) is 16.6. The Morgan fingerprint density at radius 3 is 2.34 bits per heavy atom. The molecule has 0 spiro atoms. The van der Waals surface area contributed by atoms with E-state index in [4.69, 9.17) is 16.3 Å². The maximum absolute atomic E-state index is 11.8. The number of halogens is 1. The molecule has 0 saturated carbocycles. The molecule has 1 fully saturated rings. The van der Waals surface area contributed by atoms with Gasteiger partial charge in [-0.3, -0.25) is 0 Å². The van der Waals surface area contributed by atoms with Crippen LogP contribution < -0.4 is 13.8 Å². The molecule has 4 rings (SSSR count). The van der Waals surface area contributed by atoms with Gasteiger partial charge in [-0.05, 0) is 29.8 Å². The van der Waals surface area contributed by atoms with Crippen LogP contribution in [0.2, 0.25) is 5.02 Å². The summed E-state index contributed by atoms with van der Waals surface area (Å²) in [5.41, 5.74) is 3.47. The predicted molar refractivity (Wildman–Crippen MR) is 118 cm³/mol. The summed E-state index contributed by atoms with van der Waals surface area (Å²) in [5.74, 6) is -0.251. The zero-order chi connectivity index (χ0) is 20.2. The van der Waals surface area contributed by atoms with E-state index >= 15 is 0 Å². The van der Waals surface area contributed by atoms with Crippen LogP contribution in [-0.2, 0) is 16.1 Å². The van der Waals surface area contributed by atoms with Crippen molar-refractivity contribution in [1.82, 2.24) is 0 Å². The molecule has 2 aromatic carbocycles. The Morgan fingerprint density at radius 1 is 1.03 bits per heavy atom. The van der Waals surface area contributed by atoms with Gasteiger partial charge in [0.2, 0.25) is 0 Å². The first kappa shape index (κ1) is 19.7. The Morgan fingerprint density at radius 2 is 1.69 bits per heavy atom. The second kappa shape index (κ2) is 8.84. The molecule has 3 aromatic rings. The minimum absolute atomic E-state index is 0.214. The van der Waals surface area contributed by atoms with E-state index in [2.05, 4.69) is 34.1 Å². The van der Waals surface area contributed by atoms with E-state index in [-0.39, 0.29) is 12.5 Å². The summed E-state index contributed by atoms with van der Waals surface area (Å²) >= 11 is 7.67. The summed E-state index contributed by atoms with van der Waals surface area (Å²) in [6.07, 6.45) is 2.03. The second-order valence-electron chi connectivity index (χ2n) is 6.91. The second-order valence-corrected chi connectivity index (χ2v) is 8.38. The van der Waals surface area contributed by atoms with E-state index in [1.165, 1.54) is 17.8 Å². The number of anilines is 2. The van der Waals surface area contributed by atoms with Crippen molar-refractivity contribution in [2.24, 2.45) is 0 Å². The SMILES string of the molecule is COC(=O)C[n+]1cc(-c2ccc(Cl)cc2)c(N2CCN(c3ccccc3)CC2)s1. The van der Waals surface area contributed by atoms with Gasteiger partial charge in [0.25, 0.3) is 6.54 Å². The van der Waals surface area contributed by atoms with Gasteiger partial charge in [-0.25, -0.2) is 4.79 Å².